The highest BCUT2D eigenvalue weighted by Crippen LogP contribution is 2.27. The molecule has 1 N–H and O–H groups in total. The molecule has 0 aromatic heterocycles. The van der Waals surface area contributed by atoms with Crippen LogP contribution >= 0.6 is 0 Å². The quantitative estimate of drug-likeness (QED) is 0.759. The van der Waals surface area contributed by atoms with Crippen molar-refractivity contribution in [2.75, 3.05) is 19.6 Å². The maximum Gasteiger partial charge on any atom is 0.240 e. The van der Waals surface area contributed by atoms with Crippen LogP contribution in [-0.2, 0) is 9.59 Å². The summed E-state index contributed by atoms with van der Waals surface area (Å²) in [6.45, 7) is 4.06. The van der Waals surface area contributed by atoms with Crippen molar-refractivity contribution in [3.8, 4) is 6.07 Å². The molecule has 124 valence electrons. The van der Waals surface area contributed by atoms with Gasteiger partial charge in [-0.2, -0.15) is 5.26 Å². The van der Waals surface area contributed by atoms with E-state index in [2.05, 4.69) is 17.5 Å². The van der Waals surface area contributed by atoms with E-state index in [4.69, 9.17) is 5.26 Å². The van der Waals surface area contributed by atoms with E-state index in [1.807, 2.05) is 17.9 Å². The predicted molar refractivity (Wildman–Crippen MR) is 85.2 cm³/mol. The number of nitrogens with one attached hydrogen (secondary N) is 1. The minimum absolute atomic E-state index is 0.00880. The van der Waals surface area contributed by atoms with Gasteiger partial charge in [0.05, 0.1) is 18.0 Å². The first-order chi connectivity index (χ1) is 11.1. The number of likely N-dealkylation sites (tertiary alicyclic amines) is 1. The van der Waals surface area contributed by atoms with Crippen LogP contribution in [0.1, 0.15) is 32.6 Å². The summed E-state index contributed by atoms with van der Waals surface area (Å²) < 4.78 is 0. The number of nitrogens with zero attached hydrogens (tertiary/aromatic N) is 3. The van der Waals surface area contributed by atoms with Crippen molar-refractivity contribution in [3.05, 3.63) is 12.2 Å². The molecule has 0 bridgehead atoms. The molecule has 3 heterocycles. The van der Waals surface area contributed by atoms with Gasteiger partial charge in [0.2, 0.25) is 11.8 Å². The molecular formula is C17H24N4O2. The number of carbonyl (C=O) groups excluding carboxylic acids is 2. The average molecular weight is 316 g/mol. The van der Waals surface area contributed by atoms with Gasteiger partial charge in [-0.15, -0.1) is 0 Å². The highest BCUT2D eigenvalue weighted by molar-refractivity contribution is 5.86. The molecule has 0 aromatic carbocycles. The van der Waals surface area contributed by atoms with E-state index >= 15 is 0 Å². The van der Waals surface area contributed by atoms with Gasteiger partial charge < -0.3 is 15.1 Å². The molecule has 3 rings (SSSR count). The number of hydrogen-bond acceptors (Lipinski definition) is 4. The molecular weight excluding hydrogens is 292 g/mol. The van der Waals surface area contributed by atoms with Gasteiger partial charge in [-0.1, -0.05) is 12.2 Å². The summed E-state index contributed by atoms with van der Waals surface area (Å²) in [7, 11) is 0. The zero-order chi connectivity index (χ0) is 16.4. The van der Waals surface area contributed by atoms with Crippen LogP contribution < -0.4 is 5.32 Å². The van der Waals surface area contributed by atoms with E-state index in [0.717, 1.165) is 25.8 Å². The SMILES string of the molecule is C[C@@H]1N[C@H](C(=O)N2CCC[C@H]2C#N)C[C@@H]1C(=O)N1CC=CCC1. The fourth-order valence-electron chi connectivity index (χ4n) is 3.89. The van der Waals surface area contributed by atoms with Crippen LogP contribution in [0.3, 0.4) is 0 Å². The Labute approximate surface area is 137 Å². The third-order valence-corrected chi connectivity index (χ3v) is 5.23. The second-order valence-corrected chi connectivity index (χ2v) is 6.71. The van der Waals surface area contributed by atoms with Crippen molar-refractivity contribution in [2.24, 2.45) is 5.92 Å². The standard InChI is InChI=1S/C17H24N4O2/c1-12-14(16(22)20-7-3-2-4-8-20)10-15(19-12)17(23)21-9-5-6-13(21)11-18/h2-3,12-15,19H,4-10H2,1H3/t12-,13-,14-,15-/m0/s1. The van der Waals surface area contributed by atoms with Gasteiger partial charge in [0.15, 0.2) is 0 Å². The lowest BCUT2D eigenvalue weighted by Crippen LogP contribution is -2.46. The van der Waals surface area contributed by atoms with Crippen LogP contribution in [0.2, 0.25) is 0 Å². The second kappa shape index (κ2) is 6.71. The van der Waals surface area contributed by atoms with Crippen molar-refractivity contribution in [2.45, 2.75) is 50.7 Å². The minimum Gasteiger partial charge on any atom is -0.338 e. The summed E-state index contributed by atoms with van der Waals surface area (Å²) in [5, 5.41) is 12.4. The van der Waals surface area contributed by atoms with Gasteiger partial charge in [-0.25, -0.2) is 0 Å². The molecule has 6 heteroatoms. The van der Waals surface area contributed by atoms with Gasteiger partial charge >= 0.3 is 0 Å². The minimum atomic E-state index is -0.340. The number of hydrogen-bond donors (Lipinski definition) is 1. The zero-order valence-corrected chi connectivity index (χ0v) is 13.6. The van der Waals surface area contributed by atoms with Crippen molar-refractivity contribution < 1.29 is 9.59 Å². The summed E-state index contributed by atoms with van der Waals surface area (Å²) >= 11 is 0. The first-order valence-corrected chi connectivity index (χ1v) is 8.51. The van der Waals surface area contributed by atoms with E-state index in [0.29, 0.717) is 19.5 Å². The average Bonchev–Trinajstić information content (AvgIpc) is 3.20. The molecule has 3 aliphatic heterocycles. The second-order valence-electron chi connectivity index (χ2n) is 6.71. The maximum absolute atomic E-state index is 12.7. The lowest BCUT2D eigenvalue weighted by atomic mass is 9.97. The Hall–Kier alpha value is -1.87. The summed E-state index contributed by atoms with van der Waals surface area (Å²) in [4.78, 5) is 28.9. The monoisotopic (exact) mass is 316 g/mol. The van der Waals surface area contributed by atoms with Crippen LogP contribution in [0.4, 0.5) is 0 Å². The Bertz CT molecular complexity index is 553. The highest BCUT2D eigenvalue weighted by atomic mass is 16.2. The Kier molecular flexibility index (Phi) is 4.67. The summed E-state index contributed by atoms with van der Waals surface area (Å²) in [5.41, 5.74) is 0. The van der Waals surface area contributed by atoms with Crippen molar-refractivity contribution in [3.63, 3.8) is 0 Å². The Morgan fingerprint density at radius 2 is 2.09 bits per heavy atom. The Morgan fingerprint density at radius 3 is 2.78 bits per heavy atom. The van der Waals surface area contributed by atoms with Gasteiger partial charge in [0, 0.05) is 25.7 Å². The molecule has 23 heavy (non-hydrogen) atoms. The van der Waals surface area contributed by atoms with E-state index in [1.165, 1.54) is 0 Å². The maximum atomic E-state index is 12.7. The fourth-order valence-corrected chi connectivity index (χ4v) is 3.89. The van der Waals surface area contributed by atoms with E-state index < -0.39 is 0 Å². The van der Waals surface area contributed by atoms with Crippen molar-refractivity contribution >= 4 is 11.8 Å². The molecule has 3 aliphatic rings. The number of nitriles is 1. The number of amides is 2. The first kappa shape index (κ1) is 16.0. The normalized spacial score (nSPS) is 33.7. The Balaban J connectivity index is 1.64. The van der Waals surface area contributed by atoms with Crippen molar-refractivity contribution in [1.82, 2.24) is 15.1 Å². The van der Waals surface area contributed by atoms with E-state index in [1.54, 1.807) is 4.90 Å². The third kappa shape index (κ3) is 3.11. The topological polar surface area (TPSA) is 76.4 Å². The number of carbonyl (C=O) groups is 2. The molecule has 6 nitrogen and oxygen atoms in total. The smallest absolute Gasteiger partial charge is 0.240 e. The van der Waals surface area contributed by atoms with Gasteiger partial charge in [0.1, 0.15) is 6.04 Å². The predicted octanol–water partition coefficient (Wildman–Crippen LogP) is 0.656. The molecule has 0 radical (unpaired) electrons. The van der Waals surface area contributed by atoms with Crippen LogP contribution in [0.15, 0.2) is 12.2 Å². The molecule has 2 fully saturated rings. The largest absolute Gasteiger partial charge is 0.338 e. The summed E-state index contributed by atoms with van der Waals surface area (Å²) in [6, 6.07) is 1.56. The van der Waals surface area contributed by atoms with Crippen LogP contribution in [0.5, 0.6) is 0 Å². The molecule has 0 aromatic rings. The van der Waals surface area contributed by atoms with Gasteiger partial charge in [-0.05, 0) is 32.6 Å². The van der Waals surface area contributed by atoms with Gasteiger partial charge in [0.25, 0.3) is 0 Å². The van der Waals surface area contributed by atoms with Gasteiger partial charge in [-0.3, -0.25) is 9.59 Å². The summed E-state index contributed by atoms with van der Waals surface area (Å²) in [5.74, 6) is -0.0313. The molecule has 2 saturated heterocycles. The molecule has 2 amide bonds. The Morgan fingerprint density at radius 1 is 1.26 bits per heavy atom. The van der Waals surface area contributed by atoms with Crippen LogP contribution in [0, 0.1) is 17.2 Å². The molecule has 0 unspecified atom stereocenters. The van der Waals surface area contributed by atoms with E-state index in [9.17, 15) is 9.59 Å². The van der Waals surface area contributed by atoms with E-state index in [-0.39, 0.29) is 35.9 Å². The number of rotatable bonds is 2. The highest BCUT2D eigenvalue weighted by Gasteiger charge is 2.43. The first-order valence-electron chi connectivity index (χ1n) is 8.51. The zero-order valence-electron chi connectivity index (χ0n) is 13.6. The molecule has 0 spiro atoms. The third-order valence-electron chi connectivity index (χ3n) is 5.23. The van der Waals surface area contributed by atoms with Crippen LogP contribution in [-0.4, -0.2) is 59.4 Å². The molecule has 0 aliphatic carbocycles. The molecule has 4 atom stereocenters. The van der Waals surface area contributed by atoms with Crippen LogP contribution in [0.25, 0.3) is 0 Å². The lowest BCUT2D eigenvalue weighted by molar-refractivity contribution is -0.135. The summed E-state index contributed by atoms with van der Waals surface area (Å²) in [6.07, 6.45) is 7.20. The lowest BCUT2D eigenvalue weighted by Gasteiger charge is -2.27. The van der Waals surface area contributed by atoms with Crippen molar-refractivity contribution in [1.29, 1.82) is 5.26 Å². The molecule has 0 saturated carbocycles. The fraction of sp³-hybridized carbons (Fsp3) is 0.706.